The van der Waals surface area contributed by atoms with Crippen LogP contribution in [0, 0.1) is 0 Å². The first-order valence-electron chi connectivity index (χ1n) is 6.98. The van der Waals surface area contributed by atoms with Crippen molar-refractivity contribution in [3.63, 3.8) is 0 Å². The molecule has 0 atom stereocenters. The van der Waals surface area contributed by atoms with Gasteiger partial charge < -0.3 is 20.5 Å². The summed E-state index contributed by atoms with van der Waals surface area (Å²) < 4.78 is 10.5. The highest BCUT2D eigenvalue weighted by atomic mass is 32.1. The van der Waals surface area contributed by atoms with Crippen LogP contribution < -0.4 is 11.1 Å². The van der Waals surface area contributed by atoms with Crippen LogP contribution in [0.5, 0.6) is 0 Å². The zero-order chi connectivity index (χ0) is 15.5. The second kappa shape index (κ2) is 10.3. The van der Waals surface area contributed by atoms with Crippen LogP contribution in [-0.4, -0.2) is 37.3 Å². The Balaban J connectivity index is 2.17. The van der Waals surface area contributed by atoms with E-state index < -0.39 is 0 Å². The molecule has 0 aliphatic rings. The van der Waals surface area contributed by atoms with Gasteiger partial charge in [-0.2, -0.15) is 0 Å². The molecule has 0 saturated carbocycles. The minimum Gasteiger partial charge on any atom is -0.389 e. The molecule has 0 saturated heterocycles. The first-order chi connectivity index (χ1) is 10.1. The Labute approximate surface area is 130 Å². The van der Waals surface area contributed by atoms with E-state index in [0.29, 0.717) is 44.3 Å². The van der Waals surface area contributed by atoms with E-state index in [0.717, 1.165) is 11.3 Å². The maximum absolute atomic E-state index is 11.7. The maximum Gasteiger partial charge on any atom is 0.224 e. The van der Waals surface area contributed by atoms with Gasteiger partial charge in [-0.15, -0.1) is 0 Å². The molecule has 0 aliphatic heterocycles. The molecule has 0 aliphatic carbocycles. The van der Waals surface area contributed by atoms with Gasteiger partial charge in [-0.1, -0.05) is 12.2 Å². The summed E-state index contributed by atoms with van der Waals surface area (Å²) in [6.07, 6.45) is 1.11. The van der Waals surface area contributed by atoms with Gasteiger partial charge in [0.15, 0.2) is 0 Å². The molecule has 1 amide bonds. The lowest BCUT2D eigenvalue weighted by atomic mass is 10.2. The number of carbonyl (C=O) groups excluding carboxylic acids is 1. The monoisotopic (exact) mass is 310 g/mol. The number of hydrogen-bond acceptors (Lipinski definition) is 4. The van der Waals surface area contributed by atoms with Crippen LogP contribution >= 0.6 is 12.2 Å². The summed E-state index contributed by atoms with van der Waals surface area (Å²) in [5, 5.41) is 2.82. The molecular weight excluding hydrogens is 288 g/mol. The number of nitrogens with two attached hydrogens (primary N) is 1. The highest BCUT2D eigenvalue weighted by molar-refractivity contribution is 7.80. The smallest absolute Gasteiger partial charge is 0.224 e. The largest absolute Gasteiger partial charge is 0.389 e. The highest BCUT2D eigenvalue weighted by Crippen LogP contribution is 2.10. The molecule has 1 aromatic carbocycles. The predicted molar refractivity (Wildman–Crippen MR) is 87.5 cm³/mol. The number of amides is 1. The zero-order valence-corrected chi connectivity index (χ0v) is 13.1. The van der Waals surface area contributed by atoms with Crippen LogP contribution in [0.3, 0.4) is 0 Å². The molecule has 0 spiro atoms. The number of thiocarbonyl (C=S) groups is 1. The van der Waals surface area contributed by atoms with Gasteiger partial charge in [0.1, 0.15) is 4.99 Å². The minimum absolute atomic E-state index is 0.0357. The van der Waals surface area contributed by atoms with Crippen molar-refractivity contribution in [1.29, 1.82) is 0 Å². The van der Waals surface area contributed by atoms with Crippen LogP contribution in [0.4, 0.5) is 5.69 Å². The Kier molecular flexibility index (Phi) is 8.57. The van der Waals surface area contributed by atoms with Crippen LogP contribution in [0.2, 0.25) is 0 Å². The molecule has 116 valence electrons. The van der Waals surface area contributed by atoms with Crippen molar-refractivity contribution in [2.24, 2.45) is 5.73 Å². The third-order valence-corrected chi connectivity index (χ3v) is 2.96. The predicted octanol–water partition coefficient (Wildman–Crippen LogP) is 2.09. The Hall–Kier alpha value is -1.50. The molecule has 6 heteroatoms. The van der Waals surface area contributed by atoms with Gasteiger partial charge in [-0.3, -0.25) is 4.79 Å². The number of nitrogens with one attached hydrogen (secondary N) is 1. The normalized spacial score (nSPS) is 10.3. The number of carbonyl (C=O) groups is 1. The molecule has 0 radical (unpaired) electrons. The first-order valence-corrected chi connectivity index (χ1v) is 7.39. The lowest BCUT2D eigenvalue weighted by Gasteiger charge is -2.07. The molecule has 1 aromatic rings. The molecule has 0 heterocycles. The average molecular weight is 310 g/mol. The second-order valence-corrected chi connectivity index (χ2v) is 4.84. The van der Waals surface area contributed by atoms with Crippen molar-refractivity contribution in [2.75, 3.05) is 31.7 Å². The Morgan fingerprint density at radius 3 is 2.48 bits per heavy atom. The van der Waals surface area contributed by atoms with E-state index in [4.69, 9.17) is 27.4 Å². The van der Waals surface area contributed by atoms with E-state index in [1.54, 1.807) is 24.3 Å². The number of hydrogen-bond donors (Lipinski definition) is 2. The standard InChI is InChI=1S/C15H22N2O3S/c1-2-19-10-11-20-9-3-4-14(18)17-13-7-5-12(6-8-13)15(16)21/h5-8H,2-4,9-11H2,1H3,(H2,16,21)(H,17,18). The van der Waals surface area contributed by atoms with Crippen molar-refractivity contribution in [3.8, 4) is 0 Å². The van der Waals surface area contributed by atoms with E-state index in [-0.39, 0.29) is 5.91 Å². The number of ether oxygens (including phenoxy) is 2. The summed E-state index contributed by atoms with van der Waals surface area (Å²) in [6.45, 7) is 4.35. The second-order valence-electron chi connectivity index (χ2n) is 4.40. The van der Waals surface area contributed by atoms with Crippen molar-refractivity contribution in [1.82, 2.24) is 0 Å². The van der Waals surface area contributed by atoms with Crippen LogP contribution in [0.25, 0.3) is 0 Å². The molecule has 0 aromatic heterocycles. The topological polar surface area (TPSA) is 73.6 Å². The quantitative estimate of drug-likeness (QED) is 0.511. The van der Waals surface area contributed by atoms with Gasteiger partial charge in [0.2, 0.25) is 5.91 Å². The maximum atomic E-state index is 11.7. The van der Waals surface area contributed by atoms with E-state index in [9.17, 15) is 4.79 Å². The van der Waals surface area contributed by atoms with E-state index in [1.807, 2.05) is 6.92 Å². The van der Waals surface area contributed by atoms with Gasteiger partial charge in [-0.25, -0.2) is 0 Å². The Morgan fingerprint density at radius 2 is 1.86 bits per heavy atom. The molecule has 0 unspecified atom stereocenters. The Bertz CT molecular complexity index is 449. The van der Waals surface area contributed by atoms with Crippen LogP contribution in [0.1, 0.15) is 25.3 Å². The van der Waals surface area contributed by atoms with E-state index >= 15 is 0 Å². The summed E-state index contributed by atoms with van der Waals surface area (Å²) in [5.41, 5.74) is 7.03. The van der Waals surface area contributed by atoms with Gasteiger partial charge in [-0.05, 0) is 37.6 Å². The fraction of sp³-hybridized carbons (Fsp3) is 0.467. The zero-order valence-electron chi connectivity index (χ0n) is 12.3. The molecule has 21 heavy (non-hydrogen) atoms. The van der Waals surface area contributed by atoms with Crippen molar-refractivity contribution in [3.05, 3.63) is 29.8 Å². The van der Waals surface area contributed by atoms with E-state index in [2.05, 4.69) is 5.32 Å². The summed E-state index contributed by atoms with van der Waals surface area (Å²) >= 11 is 4.87. The Morgan fingerprint density at radius 1 is 1.19 bits per heavy atom. The van der Waals surface area contributed by atoms with Crippen molar-refractivity contribution in [2.45, 2.75) is 19.8 Å². The molecular formula is C15H22N2O3S. The fourth-order valence-corrected chi connectivity index (χ4v) is 1.78. The first kappa shape index (κ1) is 17.6. The molecule has 3 N–H and O–H groups in total. The SMILES string of the molecule is CCOCCOCCCC(=O)Nc1ccc(C(N)=S)cc1. The van der Waals surface area contributed by atoms with Gasteiger partial charge in [0.25, 0.3) is 0 Å². The summed E-state index contributed by atoms with van der Waals surface area (Å²) in [7, 11) is 0. The molecule has 0 fully saturated rings. The van der Waals surface area contributed by atoms with Crippen LogP contribution in [0.15, 0.2) is 24.3 Å². The number of anilines is 1. The number of benzene rings is 1. The fourth-order valence-electron chi connectivity index (χ4n) is 1.64. The van der Waals surface area contributed by atoms with Crippen molar-refractivity contribution < 1.29 is 14.3 Å². The lowest BCUT2D eigenvalue weighted by molar-refractivity contribution is -0.116. The van der Waals surface area contributed by atoms with Gasteiger partial charge in [0, 0.05) is 30.9 Å². The highest BCUT2D eigenvalue weighted by Gasteiger charge is 2.03. The summed E-state index contributed by atoms with van der Waals surface area (Å²) in [6, 6.07) is 7.14. The van der Waals surface area contributed by atoms with Crippen molar-refractivity contribution >= 4 is 28.8 Å². The summed E-state index contributed by atoms with van der Waals surface area (Å²) in [5.74, 6) is -0.0357. The van der Waals surface area contributed by atoms with Gasteiger partial charge in [0.05, 0.1) is 13.2 Å². The average Bonchev–Trinajstić information content (AvgIpc) is 2.47. The molecule has 0 bridgehead atoms. The molecule has 1 rings (SSSR count). The van der Waals surface area contributed by atoms with E-state index in [1.165, 1.54) is 0 Å². The number of rotatable bonds is 10. The third kappa shape index (κ3) is 7.75. The summed E-state index contributed by atoms with van der Waals surface area (Å²) in [4.78, 5) is 12.1. The molecule has 5 nitrogen and oxygen atoms in total. The third-order valence-electron chi connectivity index (χ3n) is 2.72. The van der Waals surface area contributed by atoms with Crippen LogP contribution in [-0.2, 0) is 14.3 Å². The minimum atomic E-state index is -0.0357. The lowest BCUT2D eigenvalue weighted by Crippen LogP contribution is -2.13. The van der Waals surface area contributed by atoms with Gasteiger partial charge >= 0.3 is 0 Å².